The number of benzene rings is 2. The number of terminal acetylenes is 1. The molecule has 0 bridgehead atoms. The molecule has 2 heterocycles. The first-order valence-electron chi connectivity index (χ1n) is 13.0. The third kappa shape index (κ3) is 5.21. The molecule has 1 spiro atoms. The van der Waals surface area contributed by atoms with Gasteiger partial charge in [0.05, 0.1) is 21.8 Å². The quantitative estimate of drug-likeness (QED) is 0.312. The molecular weight excluding hydrogens is 551 g/mol. The first kappa shape index (κ1) is 28.1. The van der Waals surface area contributed by atoms with Crippen LogP contribution in [0.25, 0.3) is 5.69 Å². The van der Waals surface area contributed by atoms with E-state index in [9.17, 15) is 9.35 Å². The number of rotatable bonds is 4. The molecule has 1 N–H and O–H groups in total. The monoisotopic (exact) mass is 582 g/mol. The lowest BCUT2D eigenvalue weighted by Crippen LogP contribution is -2.50. The fraction of sp³-hybridized carbons (Fsp3) is 0.400. The molecule has 204 valence electrons. The maximum atomic E-state index is 13.2. The molecule has 2 aliphatic rings. The number of hydrogen-bond donors (Lipinski definition) is 1. The Labute approximate surface area is 243 Å². The molecule has 1 aromatic heterocycles. The molecule has 1 aliphatic heterocycles. The lowest BCUT2D eigenvalue weighted by atomic mass is 9.73. The molecule has 1 saturated heterocycles. The van der Waals surface area contributed by atoms with E-state index in [1.165, 1.54) is 10.1 Å². The third-order valence-electron chi connectivity index (χ3n) is 7.89. The van der Waals surface area contributed by atoms with Crippen molar-refractivity contribution in [2.24, 2.45) is 5.41 Å². The van der Waals surface area contributed by atoms with Crippen LogP contribution in [0.1, 0.15) is 62.2 Å². The Kier molecular flexibility index (Phi) is 7.56. The van der Waals surface area contributed by atoms with E-state index in [2.05, 4.69) is 27.7 Å². The van der Waals surface area contributed by atoms with Crippen molar-refractivity contribution in [3.63, 3.8) is 0 Å². The molecule has 1 aliphatic carbocycles. The summed E-state index contributed by atoms with van der Waals surface area (Å²) in [4.78, 5) is 20.2. The fourth-order valence-corrected chi connectivity index (χ4v) is 7.07. The summed E-state index contributed by atoms with van der Waals surface area (Å²) in [6.07, 6.45) is 8.32. The molecule has 9 heteroatoms. The topological polar surface area (TPSA) is 73.2 Å². The zero-order chi connectivity index (χ0) is 28.1. The first-order chi connectivity index (χ1) is 18.4. The number of aryl methyl sites for hydroxylation is 1. The number of aromatic nitrogens is 2. The largest absolute Gasteiger partial charge is 0.598 e. The maximum absolute atomic E-state index is 13.2. The van der Waals surface area contributed by atoms with E-state index >= 15 is 0 Å². The molecule has 0 saturated carbocycles. The van der Waals surface area contributed by atoms with Crippen LogP contribution in [-0.2, 0) is 17.8 Å². The van der Waals surface area contributed by atoms with E-state index in [0.717, 1.165) is 43.5 Å². The van der Waals surface area contributed by atoms with Crippen molar-refractivity contribution in [1.82, 2.24) is 14.3 Å². The molecule has 5 rings (SSSR count). The minimum Gasteiger partial charge on any atom is -0.598 e. The van der Waals surface area contributed by atoms with Gasteiger partial charge in [-0.05, 0) is 82.3 Å². The summed E-state index contributed by atoms with van der Waals surface area (Å²) in [6.45, 7) is 9.18. The lowest BCUT2D eigenvalue weighted by Gasteiger charge is -2.44. The van der Waals surface area contributed by atoms with Gasteiger partial charge in [0.15, 0.2) is 0 Å². The number of anilines is 1. The van der Waals surface area contributed by atoms with Gasteiger partial charge in [-0.2, -0.15) is 0 Å². The predicted molar refractivity (Wildman–Crippen MR) is 160 cm³/mol. The molecule has 2 aromatic carbocycles. The number of piperidine rings is 1. The van der Waals surface area contributed by atoms with Gasteiger partial charge in [0.25, 0.3) is 5.56 Å². The average molecular weight is 584 g/mol. The second kappa shape index (κ2) is 10.5. The van der Waals surface area contributed by atoms with Crippen LogP contribution in [0.15, 0.2) is 47.3 Å². The van der Waals surface area contributed by atoms with Crippen LogP contribution in [0.5, 0.6) is 0 Å². The van der Waals surface area contributed by atoms with Crippen LogP contribution in [0.4, 0.5) is 5.82 Å². The second-order valence-electron chi connectivity index (χ2n) is 11.4. The van der Waals surface area contributed by atoms with Crippen molar-refractivity contribution < 1.29 is 4.55 Å². The van der Waals surface area contributed by atoms with Crippen LogP contribution < -0.4 is 15.2 Å². The average Bonchev–Trinajstić information content (AvgIpc) is 3.17. The Morgan fingerprint density at radius 1 is 1.18 bits per heavy atom. The van der Waals surface area contributed by atoms with Crippen LogP contribution in [0.3, 0.4) is 0 Å². The summed E-state index contributed by atoms with van der Waals surface area (Å²) in [5.74, 6) is 3.93. The zero-order valence-electron chi connectivity index (χ0n) is 22.6. The first-order valence-corrected chi connectivity index (χ1v) is 14.9. The summed E-state index contributed by atoms with van der Waals surface area (Å²) in [5.41, 5.74) is 3.42. The third-order valence-corrected chi connectivity index (χ3v) is 10.3. The molecular formula is C30H32Cl2N4O2S. The Morgan fingerprint density at radius 3 is 2.54 bits per heavy atom. The van der Waals surface area contributed by atoms with Crippen molar-refractivity contribution in [3.05, 3.63) is 85.4 Å². The summed E-state index contributed by atoms with van der Waals surface area (Å²) < 4.78 is 17.8. The van der Waals surface area contributed by atoms with E-state index in [4.69, 9.17) is 34.6 Å². The maximum Gasteiger partial charge on any atom is 0.260 e. The van der Waals surface area contributed by atoms with Gasteiger partial charge in [-0.1, -0.05) is 41.3 Å². The summed E-state index contributed by atoms with van der Waals surface area (Å²) in [7, 11) is 0. The standard InChI is InChI=1S/C30H32Cl2N4O2S/c1-6-20-10-11-21-18-30(28(22(21)16-20)34-39(38)29(3,4)5)12-14-35(15-13-30)25-17-26(37)36(19(2)33-25)24-9-7-8-23(31)27(24)32/h1,7-11,16-17,28,34H,12-15,18H2,2-5H3/t28-,39?/m1/s1. The van der Waals surface area contributed by atoms with Crippen molar-refractivity contribution in [1.29, 1.82) is 0 Å². The highest BCUT2D eigenvalue weighted by Gasteiger charge is 2.50. The Balaban J connectivity index is 1.42. The summed E-state index contributed by atoms with van der Waals surface area (Å²) >= 11 is 11.3. The van der Waals surface area contributed by atoms with E-state index in [1.54, 1.807) is 31.2 Å². The van der Waals surface area contributed by atoms with Gasteiger partial charge in [-0.25, -0.2) is 4.98 Å². The minimum atomic E-state index is -1.24. The van der Waals surface area contributed by atoms with Gasteiger partial charge in [0.1, 0.15) is 16.4 Å². The van der Waals surface area contributed by atoms with E-state index in [1.807, 2.05) is 26.8 Å². The Hall–Kier alpha value is -2.47. The Bertz CT molecular complexity index is 1520. The fourth-order valence-electron chi connectivity index (χ4n) is 5.75. The van der Waals surface area contributed by atoms with E-state index in [0.29, 0.717) is 27.4 Å². The number of nitrogens with one attached hydrogen (secondary N) is 1. The number of hydrogen-bond acceptors (Lipinski definition) is 5. The van der Waals surface area contributed by atoms with E-state index in [-0.39, 0.29) is 17.0 Å². The molecule has 6 nitrogen and oxygen atoms in total. The summed E-state index contributed by atoms with van der Waals surface area (Å²) in [6, 6.07) is 12.9. The Morgan fingerprint density at radius 2 is 1.90 bits per heavy atom. The SMILES string of the molecule is C#Cc1ccc2c(c1)[C@@H](N[S+]([O-])C(C)(C)C)C1(CCN(c3cc(=O)n(-c4cccc(Cl)c4Cl)c(C)n3)CC1)C2. The van der Waals surface area contributed by atoms with Crippen molar-refractivity contribution >= 4 is 40.4 Å². The number of halogens is 2. The van der Waals surface area contributed by atoms with Crippen LogP contribution in [-0.4, -0.2) is 31.9 Å². The molecule has 2 atom stereocenters. The normalized spacial score (nSPS) is 19.1. The van der Waals surface area contributed by atoms with Crippen LogP contribution in [0, 0.1) is 24.7 Å². The van der Waals surface area contributed by atoms with Crippen molar-refractivity contribution in [2.45, 2.75) is 57.7 Å². The van der Waals surface area contributed by atoms with Gasteiger partial charge in [0.2, 0.25) is 0 Å². The highest BCUT2D eigenvalue weighted by Crippen LogP contribution is 2.53. The van der Waals surface area contributed by atoms with Gasteiger partial charge in [-0.3, -0.25) is 9.36 Å². The number of fused-ring (bicyclic) bond motifs is 1. The van der Waals surface area contributed by atoms with Crippen molar-refractivity contribution in [3.8, 4) is 18.0 Å². The molecule has 39 heavy (non-hydrogen) atoms. The van der Waals surface area contributed by atoms with Gasteiger partial charge in [-0.15, -0.1) is 11.1 Å². The van der Waals surface area contributed by atoms with Gasteiger partial charge >= 0.3 is 0 Å². The van der Waals surface area contributed by atoms with Gasteiger partial charge in [0, 0.05) is 41.5 Å². The van der Waals surface area contributed by atoms with E-state index < -0.39 is 16.1 Å². The smallest absolute Gasteiger partial charge is 0.260 e. The molecule has 1 unspecified atom stereocenters. The molecule has 0 radical (unpaired) electrons. The second-order valence-corrected chi connectivity index (χ2v) is 14.2. The highest BCUT2D eigenvalue weighted by atomic mass is 35.5. The van der Waals surface area contributed by atoms with Crippen molar-refractivity contribution in [2.75, 3.05) is 18.0 Å². The zero-order valence-corrected chi connectivity index (χ0v) is 24.9. The highest BCUT2D eigenvalue weighted by molar-refractivity contribution is 7.90. The molecule has 3 aromatic rings. The molecule has 0 amide bonds. The van der Waals surface area contributed by atoms with Crippen LogP contribution >= 0.6 is 23.2 Å². The molecule has 1 fully saturated rings. The number of nitrogens with zero attached hydrogens (tertiary/aromatic N) is 3. The lowest BCUT2D eigenvalue weighted by molar-refractivity contribution is 0.176. The predicted octanol–water partition coefficient (Wildman–Crippen LogP) is 5.76. The summed E-state index contributed by atoms with van der Waals surface area (Å²) in [5, 5.41) is 0.701. The van der Waals surface area contributed by atoms with Gasteiger partial charge < -0.3 is 9.45 Å². The van der Waals surface area contributed by atoms with Crippen LogP contribution in [0.2, 0.25) is 10.0 Å². The minimum absolute atomic E-state index is 0.0734.